The zero-order valence-electron chi connectivity index (χ0n) is 22.9. The Balaban J connectivity index is 1.39. The van der Waals surface area contributed by atoms with Crippen molar-refractivity contribution in [1.29, 1.82) is 0 Å². The predicted octanol–water partition coefficient (Wildman–Crippen LogP) is 6.60. The third-order valence-corrected chi connectivity index (χ3v) is 9.29. The Morgan fingerprint density at radius 1 is 1.15 bits per heavy atom. The minimum absolute atomic E-state index is 0.000416. The van der Waals surface area contributed by atoms with Gasteiger partial charge in [0.05, 0.1) is 28.8 Å². The molecule has 0 amide bonds. The first kappa shape index (κ1) is 26.5. The summed E-state index contributed by atoms with van der Waals surface area (Å²) in [4.78, 5) is 13.1. The molecule has 7 rings (SSSR count). The number of ether oxygens (including phenoxy) is 1. The second-order valence-electron chi connectivity index (χ2n) is 11.5. The van der Waals surface area contributed by atoms with Gasteiger partial charge in [-0.25, -0.2) is 13.2 Å². The highest BCUT2D eigenvalue weighted by molar-refractivity contribution is 6.35. The lowest BCUT2D eigenvalue weighted by molar-refractivity contribution is 0.107. The molecule has 0 radical (unpaired) electrons. The fourth-order valence-electron chi connectivity index (χ4n) is 6.88. The first-order valence-electron chi connectivity index (χ1n) is 14.0. The molecule has 41 heavy (non-hydrogen) atoms. The second-order valence-corrected chi connectivity index (χ2v) is 11.9. The molecular formula is C30H30ClF3N6O. The van der Waals surface area contributed by atoms with E-state index in [2.05, 4.69) is 25.1 Å². The van der Waals surface area contributed by atoms with Crippen molar-refractivity contribution in [3.05, 3.63) is 52.2 Å². The number of hydrogen-bond donors (Lipinski definition) is 1. The van der Waals surface area contributed by atoms with Crippen molar-refractivity contribution in [2.75, 3.05) is 37.7 Å². The van der Waals surface area contributed by atoms with Gasteiger partial charge < -0.3 is 9.64 Å². The molecule has 5 heterocycles. The number of nitrogens with zero attached hydrogens (tertiary/aromatic N) is 5. The first-order chi connectivity index (χ1) is 19.7. The maximum Gasteiger partial charge on any atom is 0.319 e. The molecule has 0 aliphatic carbocycles. The van der Waals surface area contributed by atoms with Crippen LogP contribution in [-0.4, -0.2) is 69.6 Å². The van der Waals surface area contributed by atoms with Gasteiger partial charge in [-0.2, -0.15) is 15.1 Å². The molecule has 2 atom stereocenters. The van der Waals surface area contributed by atoms with Crippen molar-refractivity contribution in [2.45, 2.75) is 51.2 Å². The summed E-state index contributed by atoms with van der Waals surface area (Å²) in [5.41, 5.74) is 3.05. The third kappa shape index (κ3) is 4.34. The zero-order valence-corrected chi connectivity index (χ0v) is 23.7. The lowest BCUT2D eigenvalue weighted by Crippen LogP contribution is -2.43. The summed E-state index contributed by atoms with van der Waals surface area (Å²) in [6.45, 7) is 5.78. The summed E-state index contributed by atoms with van der Waals surface area (Å²) < 4.78 is 51.7. The van der Waals surface area contributed by atoms with Gasteiger partial charge in [-0.05, 0) is 69.0 Å². The average molecular weight is 583 g/mol. The maximum absolute atomic E-state index is 16.7. The van der Waals surface area contributed by atoms with Crippen LogP contribution in [0, 0.1) is 19.7 Å². The number of alkyl halides is 1. The maximum atomic E-state index is 16.7. The fraction of sp³-hybridized carbons (Fsp3) is 0.433. The molecule has 11 heteroatoms. The normalized spacial score (nSPS) is 23.0. The molecular weight excluding hydrogens is 553 g/mol. The Labute approximate surface area is 240 Å². The van der Waals surface area contributed by atoms with E-state index >= 15 is 4.39 Å². The number of H-pyrrole nitrogens is 1. The number of halogens is 4. The van der Waals surface area contributed by atoms with Crippen LogP contribution in [0.3, 0.4) is 0 Å². The van der Waals surface area contributed by atoms with Crippen LogP contribution in [0.5, 0.6) is 6.01 Å². The standard InChI is InChI=1S/C30H30ClF3N6O/c1-16-9-23-21(12-35-38-23)24(17(16)2)25-22(31)10-20-27(26(25)34)36-29(37-28(20)39-7-3-5-18(32)13-39)41-15-30-6-4-8-40(30)14-19(33)11-30/h5,9-10,12,19H,3-4,6-8,11,13-15H2,1-2H3,(H,35,38). The molecule has 7 nitrogen and oxygen atoms in total. The number of aryl methyl sites for hydroxylation is 1. The molecule has 2 fully saturated rings. The minimum atomic E-state index is -0.908. The Kier molecular flexibility index (Phi) is 6.39. The average Bonchev–Trinajstić information content (AvgIpc) is 3.63. The van der Waals surface area contributed by atoms with E-state index in [1.807, 2.05) is 19.9 Å². The molecule has 2 aromatic heterocycles. The molecule has 2 aromatic carbocycles. The molecule has 0 bridgehead atoms. The summed E-state index contributed by atoms with van der Waals surface area (Å²) in [6, 6.07) is 3.60. The molecule has 0 spiro atoms. The third-order valence-electron chi connectivity index (χ3n) is 8.99. The predicted molar refractivity (Wildman–Crippen MR) is 154 cm³/mol. The van der Waals surface area contributed by atoms with E-state index in [4.69, 9.17) is 16.3 Å². The zero-order chi connectivity index (χ0) is 28.5. The first-order valence-corrected chi connectivity index (χ1v) is 14.4. The van der Waals surface area contributed by atoms with Crippen LogP contribution in [-0.2, 0) is 0 Å². The Morgan fingerprint density at radius 3 is 2.83 bits per heavy atom. The van der Waals surface area contributed by atoms with Crippen molar-refractivity contribution in [3.8, 4) is 17.1 Å². The van der Waals surface area contributed by atoms with Gasteiger partial charge in [0.1, 0.15) is 29.9 Å². The van der Waals surface area contributed by atoms with E-state index in [1.54, 1.807) is 23.2 Å². The highest BCUT2D eigenvalue weighted by Crippen LogP contribution is 2.44. The smallest absolute Gasteiger partial charge is 0.319 e. The van der Waals surface area contributed by atoms with Crippen LogP contribution in [0.2, 0.25) is 5.02 Å². The van der Waals surface area contributed by atoms with Crippen molar-refractivity contribution in [2.24, 2.45) is 0 Å². The van der Waals surface area contributed by atoms with Gasteiger partial charge in [-0.15, -0.1) is 0 Å². The van der Waals surface area contributed by atoms with E-state index in [-0.39, 0.29) is 41.1 Å². The van der Waals surface area contributed by atoms with E-state index in [9.17, 15) is 8.78 Å². The fourth-order valence-corrected chi connectivity index (χ4v) is 7.16. The topological polar surface area (TPSA) is 70.2 Å². The van der Waals surface area contributed by atoms with Crippen LogP contribution in [0.4, 0.5) is 19.0 Å². The van der Waals surface area contributed by atoms with Gasteiger partial charge in [0, 0.05) is 41.4 Å². The molecule has 3 aliphatic heterocycles. The van der Waals surface area contributed by atoms with E-state index < -0.39 is 17.5 Å². The highest BCUT2D eigenvalue weighted by atomic mass is 35.5. The largest absolute Gasteiger partial charge is 0.461 e. The quantitative estimate of drug-likeness (QED) is 0.286. The number of rotatable bonds is 5. The molecule has 3 aliphatic rings. The summed E-state index contributed by atoms with van der Waals surface area (Å²) in [5.74, 6) is -0.548. The number of nitrogens with one attached hydrogen (secondary N) is 1. The Morgan fingerprint density at radius 2 is 2.00 bits per heavy atom. The van der Waals surface area contributed by atoms with Gasteiger partial charge in [-0.1, -0.05) is 11.6 Å². The molecule has 2 saturated heterocycles. The number of aromatic amines is 1. The lowest BCUT2D eigenvalue weighted by atomic mass is 9.92. The van der Waals surface area contributed by atoms with Gasteiger partial charge >= 0.3 is 6.01 Å². The lowest BCUT2D eigenvalue weighted by Gasteiger charge is -2.31. The van der Waals surface area contributed by atoms with Crippen LogP contribution in [0.15, 0.2) is 30.2 Å². The number of hydrogen-bond acceptors (Lipinski definition) is 6. The van der Waals surface area contributed by atoms with Crippen molar-refractivity contribution in [3.63, 3.8) is 0 Å². The molecule has 1 N–H and O–H groups in total. The van der Waals surface area contributed by atoms with Gasteiger partial charge in [0.15, 0.2) is 5.82 Å². The minimum Gasteiger partial charge on any atom is -0.461 e. The summed E-state index contributed by atoms with van der Waals surface area (Å²) in [6.07, 6.45) is 4.95. The number of anilines is 1. The van der Waals surface area contributed by atoms with Crippen LogP contribution < -0.4 is 9.64 Å². The SMILES string of the molecule is Cc1cc2[nH]ncc2c(-c2c(Cl)cc3c(N4CCC=C(F)C4)nc(OCC45CCCN4CC(F)C5)nc3c2F)c1C. The van der Waals surface area contributed by atoms with Crippen LogP contribution in [0.1, 0.15) is 36.8 Å². The van der Waals surface area contributed by atoms with E-state index in [0.717, 1.165) is 41.4 Å². The summed E-state index contributed by atoms with van der Waals surface area (Å²) in [5, 5.41) is 8.44. The molecule has 4 aromatic rings. The number of aromatic nitrogens is 4. The van der Waals surface area contributed by atoms with Gasteiger partial charge in [-0.3, -0.25) is 10.00 Å². The number of benzene rings is 2. The summed E-state index contributed by atoms with van der Waals surface area (Å²) >= 11 is 6.83. The second kappa shape index (κ2) is 9.87. The highest BCUT2D eigenvalue weighted by Gasteiger charge is 2.49. The van der Waals surface area contributed by atoms with Gasteiger partial charge in [0.25, 0.3) is 0 Å². The van der Waals surface area contributed by atoms with E-state index in [1.165, 1.54) is 0 Å². The van der Waals surface area contributed by atoms with E-state index in [0.29, 0.717) is 42.7 Å². The van der Waals surface area contributed by atoms with Crippen LogP contribution in [0.25, 0.3) is 32.9 Å². The summed E-state index contributed by atoms with van der Waals surface area (Å²) in [7, 11) is 0. The molecule has 2 unspecified atom stereocenters. The van der Waals surface area contributed by atoms with Crippen molar-refractivity contribution < 1.29 is 17.9 Å². The monoisotopic (exact) mass is 582 g/mol. The van der Waals surface area contributed by atoms with Crippen molar-refractivity contribution >= 4 is 39.2 Å². The molecule has 0 saturated carbocycles. The Bertz CT molecular complexity index is 1720. The Hall–Kier alpha value is -3.37. The van der Waals surface area contributed by atoms with Crippen LogP contribution >= 0.6 is 11.6 Å². The van der Waals surface area contributed by atoms with Crippen molar-refractivity contribution in [1.82, 2.24) is 25.1 Å². The molecule has 214 valence electrons. The number of fused-ring (bicyclic) bond motifs is 3. The van der Waals surface area contributed by atoms with Gasteiger partial charge in [0.2, 0.25) is 0 Å².